The lowest BCUT2D eigenvalue weighted by Gasteiger charge is -2.09. The van der Waals surface area contributed by atoms with Crippen LogP contribution in [0.25, 0.3) is 11.3 Å². The highest BCUT2D eigenvalue weighted by Crippen LogP contribution is 2.27. The molecule has 2 heterocycles. The van der Waals surface area contributed by atoms with Crippen molar-refractivity contribution in [3.8, 4) is 11.5 Å². The predicted octanol–water partition coefficient (Wildman–Crippen LogP) is 3.36. The summed E-state index contributed by atoms with van der Waals surface area (Å²) in [4.78, 5) is 8.63. The van der Waals surface area contributed by atoms with E-state index < -0.39 is 0 Å². The van der Waals surface area contributed by atoms with Crippen molar-refractivity contribution >= 4 is 34.8 Å². The van der Waals surface area contributed by atoms with Gasteiger partial charge in [-0.15, -0.1) is 0 Å². The van der Waals surface area contributed by atoms with Crippen LogP contribution in [0.2, 0.25) is 0 Å². The van der Waals surface area contributed by atoms with Crippen molar-refractivity contribution in [3.05, 3.63) is 53.8 Å². The number of anilines is 3. The Morgan fingerprint density at radius 2 is 1.63 bits per heavy atom. The molecule has 0 unspecified atom stereocenters. The van der Waals surface area contributed by atoms with Gasteiger partial charge in [0, 0.05) is 5.69 Å². The molecular formula is C19H16FN7O3. The van der Waals surface area contributed by atoms with E-state index in [-0.39, 0.29) is 22.9 Å². The number of rotatable bonds is 7. The molecule has 0 atom stereocenters. The molecule has 11 heteroatoms. The first kappa shape index (κ1) is 19.1. The monoisotopic (exact) mass is 409 g/mol. The molecule has 0 amide bonds. The molecule has 0 aliphatic carbocycles. The van der Waals surface area contributed by atoms with Crippen LogP contribution in [0, 0.1) is 5.82 Å². The van der Waals surface area contributed by atoms with Gasteiger partial charge in [-0.3, -0.25) is 5.43 Å². The molecule has 2 aromatic heterocycles. The molecule has 4 aromatic rings. The average Bonchev–Trinajstić information content (AvgIpc) is 3.22. The van der Waals surface area contributed by atoms with Gasteiger partial charge in [-0.25, -0.2) is 14.0 Å². The number of nitrogens with zero attached hydrogens (tertiary/aromatic N) is 5. The third kappa shape index (κ3) is 4.09. The molecule has 0 aliphatic heterocycles. The molecule has 30 heavy (non-hydrogen) atoms. The number of hydrogen-bond acceptors (Lipinski definition) is 10. The Kier molecular flexibility index (Phi) is 5.33. The van der Waals surface area contributed by atoms with E-state index in [0.717, 1.165) is 5.56 Å². The summed E-state index contributed by atoms with van der Waals surface area (Å²) in [5.41, 5.74) is 4.62. The molecule has 10 nitrogen and oxygen atoms in total. The Hall–Kier alpha value is -4.28. The van der Waals surface area contributed by atoms with Crippen molar-refractivity contribution in [3.63, 3.8) is 0 Å². The van der Waals surface area contributed by atoms with Gasteiger partial charge in [-0.05, 0) is 58.3 Å². The van der Waals surface area contributed by atoms with Crippen LogP contribution in [0.4, 0.5) is 21.7 Å². The summed E-state index contributed by atoms with van der Waals surface area (Å²) < 4.78 is 28.3. The number of halogens is 1. The number of fused-ring (bicyclic) bond motifs is 1. The van der Waals surface area contributed by atoms with Crippen molar-refractivity contribution in [2.24, 2.45) is 5.10 Å². The molecule has 0 saturated heterocycles. The molecule has 0 radical (unpaired) electrons. The van der Waals surface area contributed by atoms with E-state index >= 15 is 0 Å². The zero-order valence-electron chi connectivity index (χ0n) is 16.0. The Bertz CT molecular complexity index is 1190. The van der Waals surface area contributed by atoms with Gasteiger partial charge >= 0.3 is 0 Å². The van der Waals surface area contributed by atoms with Crippen LogP contribution in [0.1, 0.15) is 5.56 Å². The van der Waals surface area contributed by atoms with E-state index in [1.54, 1.807) is 44.7 Å². The molecule has 0 bridgehead atoms. The van der Waals surface area contributed by atoms with Crippen molar-refractivity contribution in [2.75, 3.05) is 25.0 Å². The second-order valence-corrected chi connectivity index (χ2v) is 5.95. The predicted molar refractivity (Wildman–Crippen MR) is 108 cm³/mol. The first-order valence-corrected chi connectivity index (χ1v) is 8.70. The van der Waals surface area contributed by atoms with Crippen LogP contribution in [0.15, 0.2) is 52.2 Å². The number of hydrogen-bond donors (Lipinski definition) is 2. The largest absolute Gasteiger partial charge is 0.493 e. The summed E-state index contributed by atoms with van der Waals surface area (Å²) in [7, 11) is 3.12. The standard InChI is InChI=1S/C19H16FN7O3/c1-28-14-8-3-11(9-15(14)29-2)10-21-25-17-16(22-13-6-4-12(20)5-7-13)23-18-19(24-17)27-30-26-18/h3-10H,1-2H3,(H,22,23,26)(H,24,25,27). The first-order valence-electron chi connectivity index (χ1n) is 8.70. The van der Waals surface area contributed by atoms with Crippen LogP contribution in [0.5, 0.6) is 11.5 Å². The SMILES string of the molecule is COc1ccc(C=NNc2nc3nonc3nc2Nc2ccc(F)cc2)cc1OC. The summed E-state index contributed by atoms with van der Waals surface area (Å²) in [6.45, 7) is 0. The normalized spacial score (nSPS) is 11.0. The fraction of sp³-hybridized carbons (Fsp3) is 0.105. The van der Waals surface area contributed by atoms with Gasteiger partial charge in [-0.1, -0.05) is 0 Å². The quantitative estimate of drug-likeness (QED) is 0.350. The molecule has 2 N–H and O–H groups in total. The van der Waals surface area contributed by atoms with Gasteiger partial charge in [0.15, 0.2) is 23.1 Å². The highest BCUT2D eigenvalue weighted by atomic mass is 19.1. The van der Waals surface area contributed by atoms with E-state index in [0.29, 0.717) is 23.0 Å². The number of methoxy groups -OCH3 is 2. The highest BCUT2D eigenvalue weighted by molar-refractivity contribution is 5.82. The van der Waals surface area contributed by atoms with Gasteiger partial charge in [0.05, 0.1) is 20.4 Å². The minimum Gasteiger partial charge on any atom is -0.493 e. The third-order valence-electron chi connectivity index (χ3n) is 4.01. The second-order valence-electron chi connectivity index (χ2n) is 5.95. The summed E-state index contributed by atoms with van der Waals surface area (Å²) in [5, 5.41) is 14.6. The average molecular weight is 409 g/mol. The number of hydrazone groups is 1. The third-order valence-corrected chi connectivity index (χ3v) is 4.01. The topological polar surface area (TPSA) is 120 Å². The lowest BCUT2D eigenvalue weighted by Crippen LogP contribution is -2.03. The van der Waals surface area contributed by atoms with Gasteiger partial charge < -0.3 is 14.8 Å². The van der Waals surface area contributed by atoms with Crippen LogP contribution < -0.4 is 20.2 Å². The summed E-state index contributed by atoms with van der Waals surface area (Å²) in [5.74, 6) is 1.44. The number of ether oxygens (including phenoxy) is 2. The number of nitrogens with one attached hydrogen (secondary N) is 2. The van der Waals surface area contributed by atoms with Crippen LogP contribution >= 0.6 is 0 Å². The van der Waals surface area contributed by atoms with E-state index in [9.17, 15) is 4.39 Å². The summed E-state index contributed by atoms with van der Waals surface area (Å²) in [6.07, 6.45) is 1.58. The van der Waals surface area contributed by atoms with Crippen molar-refractivity contribution in [1.29, 1.82) is 0 Å². The highest BCUT2D eigenvalue weighted by Gasteiger charge is 2.13. The fourth-order valence-electron chi connectivity index (χ4n) is 2.57. The van der Waals surface area contributed by atoms with Gasteiger partial charge in [0.2, 0.25) is 11.3 Å². The van der Waals surface area contributed by atoms with Gasteiger partial charge in [0.25, 0.3) is 0 Å². The van der Waals surface area contributed by atoms with E-state index in [4.69, 9.17) is 9.47 Å². The minimum absolute atomic E-state index is 0.212. The lowest BCUT2D eigenvalue weighted by molar-refractivity contribution is 0.314. The Balaban J connectivity index is 1.59. The molecular weight excluding hydrogens is 393 g/mol. The smallest absolute Gasteiger partial charge is 0.245 e. The van der Waals surface area contributed by atoms with E-state index in [1.807, 2.05) is 6.07 Å². The Morgan fingerprint density at radius 3 is 2.33 bits per heavy atom. The maximum Gasteiger partial charge on any atom is 0.245 e. The summed E-state index contributed by atoms with van der Waals surface area (Å²) in [6, 6.07) is 11.2. The van der Waals surface area contributed by atoms with E-state index in [1.165, 1.54) is 12.1 Å². The number of benzene rings is 2. The molecule has 4 rings (SSSR count). The molecule has 0 fully saturated rings. The van der Waals surface area contributed by atoms with Gasteiger partial charge in [-0.2, -0.15) is 10.1 Å². The van der Waals surface area contributed by atoms with Crippen molar-refractivity contribution in [1.82, 2.24) is 20.3 Å². The summed E-state index contributed by atoms with van der Waals surface area (Å²) >= 11 is 0. The zero-order valence-corrected chi connectivity index (χ0v) is 16.0. The van der Waals surface area contributed by atoms with E-state index in [2.05, 4.69) is 40.8 Å². The van der Waals surface area contributed by atoms with Crippen molar-refractivity contribution < 1.29 is 18.5 Å². The van der Waals surface area contributed by atoms with Crippen molar-refractivity contribution in [2.45, 2.75) is 0 Å². The van der Waals surface area contributed by atoms with Crippen LogP contribution in [-0.4, -0.2) is 40.7 Å². The van der Waals surface area contributed by atoms with Crippen LogP contribution in [0.3, 0.4) is 0 Å². The lowest BCUT2D eigenvalue weighted by atomic mass is 10.2. The Labute approximate surface area is 169 Å². The molecule has 0 aliphatic rings. The molecule has 0 spiro atoms. The van der Waals surface area contributed by atoms with Crippen LogP contribution in [-0.2, 0) is 0 Å². The second kappa shape index (κ2) is 8.39. The fourth-order valence-corrected chi connectivity index (χ4v) is 2.57. The number of aromatic nitrogens is 4. The maximum absolute atomic E-state index is 13.2. The minimum atomic E-state index is -0.347. The zero-order chi connectivity index (χ0) is 20.9. The molecule has 0 saturated carbocycles. The Morgan fingerprint density at radius 1 is 0.933 bits per heavy atom. The maximum atomic E-state index is 13.2. The first-order chi connectivity index (χ1) is 14.7. The molecule has 2 aromatic carbocycles. The molecule has 152 valence electrons. The van der Waals surface area contributed by atoms with Gasteiger partial charge in [0.1, 0.15) is 5.82 Å².